The second kappa shape index (κ2) is 8.39. The van der Waals surface area contributed by atoms with Gasteiger partial charge in [-0.2, -0.15) is 0 Å². The van der Waals surface area contributed by atoms with Crippen molar-refractivity contribution in [3.8, 4) is 0 Å². The van der Waals surface area contributed by atoms with E-state index in [1.54, 1.807) is 17.1 Å². The molecule has 8 heteroatoms. The zero-order chi connectivity index (χ0) is 18.4. The Morgan fingerprint density at radius 1 is 1.27 bits per heavy atom. The Labute approximate surface area is 152 Å². The smallest absolute Gasteiger partial charge is 0.273 e. The number of imidazole rings is 1. The molecule has 0 aliphatic heterocycles. The van der Waals surface area contributed by atoms with E-state index in [2.05, 4.69) is 25.2 Å². The van der Waals surface area contributed by atoms with Gasteiger partial charge in [0, 0.05) is 25.5 Å². The summed E-state index contributed by atoms with van der Waals surface area (Å²) in [6.45, 7) is 3.70. The summed E-state index contributed by atoms with van der Waals surface area (Å²) in [6.07, 6.45) is 6.08. The molecule has 136 valence electrons. The highest BCUT2D eigenvalue weighted by Crippen LogP contribution is 2.18. The van der Waals surface area contributed by atoms with Crippen molar-refractivity contribution in [3.05, 3.63) is 66.0 Å². The maximum atomic E-state index is 12.6. The molecule has 0 saturated heterocycles. The van der Waals surface area contributed by atoms with E-state index >= 15 is 0 Å². The van der Waals surface area contributed by atoms with E-state index in [1.165, 1.54) is 0 Å². The van der Waals surface area contributed by atoms with Gasteiger partial charge in [-0.1, -0.05) is 35.5 Å². The lowest BCUT2D eigenvalue weighted by molar-refractivity contribution is 0.0928. The summed E-state index contributed by atoms with van der Waals surface area (Å²) in [5, 5.41) is 10.9. The summed E-state index contributed by atoms with van der Waals surface area (Å²) in [7, 11) is 0. The van der Waals surface area contributed by atoms with E-state index in [1.807, 2.05) is 43.5 Å². The number of aromatic nitrogens is 5. The molecule has 0 aliphatic carbocycles. The number of nitrogens with one attached hydrogen (secondary N) is 1. The summed E-state index contributed by atoms with van der Waals surface area (Å²) >= 11 is 0. The van der Waals surface area contributed by atoms with Crippen molar-refractivity contribution >= 4 is 5.91 Å². The van der Waals surface area contributed by atoms with Crippen LogP contribution in [0.5, 0.6) is 0 Å². The first-order valence-electron chi connectivity index (χ1n) is 8.61. The molecule has 1 amide bonds. The Hall–Kier alpha value is -3.00. The van der Waals surface area contributed by atoms with Gasteiger partial charge in [0.2, 0.25) is 0 Å². The Morgan fingerprint density at radius 2 is 2.08 bits per heavy atom. The number of carbonyl (C=O) groups excluding carboxylic acids is 1. The Bertz CT molecular complexity index is 840. The molecule has 1 atom stereocenters. The lowest BCUT2D eigenvalue weighted by Gasteiger charge is -2.19. The second-order valence-corrected chi connectivity index (χ2v) is 6.05. The summed E-state index contributed by atoms with van der Waals surface area (Å²) in [5.74, 6) is 0.706. The molecule has 8 nitrogen and oxygen atoms in total. The van der Waals surface area contributed by atoms with Crippen LogP contribution in [0.15, 0.2) is 48.9 Å². The van der Waals surface area contributed by atoms with Crippen LogP contribution in [0.3, 0.4) is 0 Å². The van der Waals surface area contributed by atoms with Crippen molar-refractivity contribution in [2.24, 2.45) is 5.73 Å². The minimum Gasteiger partial charge on any atom is -0.344 e. The lowest BCUT2D eigenvalue weighted by Crippen LogP contribution is -2.29. The van der Waals surface area contributed by atoms with Crippen molar-refractivity contribution < 1.29 is 4.79 Å². The van der Waals surface area contributed by atoms with E-state index in [9.17, 15) is 4.79 Å². The maximum absolute atomic E-state index is 12.6. The third-order valence-corrected chi connectivity index (χ3v) is 4.22. The van der Waals surface area contributed by atoms with Crippen molar-refractivity contribution in [3.63, 3.8) is 0 Å². The fraction of sp³-hybridized carbons (Fsp3) is 0.333. The predicted octanol–water partition coefficient (Wildman–Crippen LogP) is 1.30. The standard InChI is InChI=1S/C18H23N7O/c1-14-20-9-12-24(14)10-7-16(15-5-3-2-4-6-15)21-18(26)17-13-25(11-8-19)23-22-17/h2-6,9,12-13,16H,7-8,10-11,19H2,1H3,(H,21,26). The van der Waals surface area contributed by atoms with Gasteiger partial charge in [-0.05, 0) is 18.9 Å². The minimum atomic E-state index is -0.246. The first-order chi connectivity index (χ1) is 12.7. The normalized spacial score (nSPS) is 12.1. The first-order valence-corrected chi connectivity index (χ1v) is 8.61. The van der Waals surface area contributed by atoms with Gasteiger partial charge < -0.3 is 15.6 Å². The number of amides is 1. The van der Waals surface area contributed by atoms with Crippen LogP contribution in [0.25, 0.3) is 0 Å². The monoisotopic (exact) mass is 353 g/mol. The van der Waals surface area contributed by atoms with Gasteiger partial charge >= 0.3 is 0 Å². The number of benzene rings is 1. The average Bonchev–Trinajstić information content (AvgIpc) is 3.29. The van der Waals surface area contributed by atoms with Gasteiger partial charge in [0.05, 0.1) is 18.8 Å². The number of nitrogens with two attached hydrogens (primary N) is 1. The molecule has 0 fully saturated rings. The van der Waals surface area contributed by atoms with Crippen LogP contribution >= 0.6 is 0 Å². The number of hydrogen-bond acceptors (Lipinski definition) is 5. The van der Waals surface area contributed by atoms with Crippen molar-refractivity contribution in [1.29, 1.82) is 0 Å². The van der Waals surface area contributed by atoms with E-state index < -0.39 is 0 Å². The molecule has 1 unspecified atom stereocenters. The van der Waals surface area contributed by atoms with Gasteiger partial charge in [-0.25, -0.2) is 4.98 Å². The van der Waals surface area contributed by atoms with Crippen LogP contribution < -0.4 is 11.1 Å². The highest BCUT2D eigenvalue weighted by atomic mass is 16.2. The molecule has 3 rings (SSSR count). The number of hydrogen-bond donors (Lipinski definition) is 2. The molecule has 0 saturated carbocycles. The van der Waals surface area contributed by atoms with E-state index in [0.29, 0.717) is 13.1 Å². The van der Waals surface area contributed by atoms with Crippen LogP contribution in [0.1, 0.15) is 34.3 Å². The molecule has 26 heavy (non-hydrogen) atoms. The number of aryl methyl sites for hydroxylation is 2. The maximum Gasteiger partial charge on any atom is 0.273 e. The van der Waals surface area contributed by atoms with Gasteiger partial charge in [-0.15, -0.1) is 5.10 Å². The predicted molar refractivity (Wildman–Crippen MR) is 97.3 cm³/mol. The van der Waals surface area contributed by atoms with E-state index in [-0.39, 0.29) is 17.6 Å². The Morgan fingerprint density at radius 3 is 2.77 bits per heavy atom. The molecule has 0 spiro atoms. The summed E-state index contributed by atoms with van der Waals surface area (Å²) in [4.78, 5) is 16.8. The van der Waals surface area contributed by atoms with Crippen LogP contribution in [-0.2, 0) is 13.1 Å². The first kappa shape index (κ1) is 17.8. The van der Waals surface area contributed by atoms with Crippen LogP contribution in [0, 0.1) is 6.92 Å². The van der Waals surface area contributed by atoms with Crippen LogP contribution in [0.4, 0.5) is 0 Å². The van der Waals surface area contributed by atoms with Gasteiger partial charge in [0.25, 0.3) is 5.91 Å². The molecule has 3 N–H and O–H groups in total. The topological polar surface area (TPSA) is 104 Å². The van der Waals surface area contributed by atoms with Crippen molar-refractivity contribution in [1.82, 2.24) is 29.9 Å². The fourth-order valence-electron chi connectivity index (χ4n) is 2.79. The van der Waals surface area contributed by atoms with E-state index in [0.717, 1.165) is 24.4 Å². The molecule has 2 heterocycles. The quantitative estimate of drug-likeness (QED) is 0.635. The zero-order valence-corrected chi connectivity index (χ0v) is 14.7. The van der Waals surface area contributed by atoms with Gasteiger partial charge in [0.1, 0.15) is 5.82 Å². The molecule has 0 bridgehead atoms. The molecule has 0 aliphatic rings. The highest BCUT2D eigenvalue weighted by molar-refractivity contribution is 5.92. The molecule has 3 aromatic rings. The van der Waals surface area contributed by atoms with Gasteiger partial charge in [-0.3, -0.25) is 9.48 Å². The van der Waals surface area contributed by atoms with E-state index in [4.69, 9.17) is 5.73 Å². The summed E-state index contributed by atoms with van der Waals surface area (Å²) in [5.41, 5.74) is 6.84. The highest BCUT2D eigenvalue weighted by Gasteiger charge is 2.18. The molecular weight excluding hydrogens is 330 g/mol. The van der Waals surface area contributed by atoms with Crippen molar-refractivity contribution in [2.75, 3.05) is 6.54 Å². The largest absolute Gasteiger partial charge is 0.344 e. The number of nitrogens with zero attached hydrogens (tertiary/aromatic N) is 5. The second-order valence-electron chi connectivity index (χ2n) is 6.05. The number of carbonyl (C=O) groups is 1. The third-order valence-electron chi connectivity index (χ3n) is 4.22. The minimum absolute atomic E-state index is 0.134. The van der Waals surface area contributed by atoms with Crippen molar-refractivity contribution in [2.45, 2.75) is 32.5 Å². The summed E-state index contributed by atoms with van der Waals surface area (Å²) < 4.78 is 3.64. The fourth-order valence-corrected chi connectivity index (χ4v) is 2.79. The lowest BCUT2D eigenvalue weighted by atomic mass is 10.0. The average molecular weight is 353 g/mol. The Kier molecular flexibility index (Phi) is 5.75. The Balaban J connectivity index is 1.72. The molecule has 1 aromatic carbocycles. The van der Waals surface area contributed by atoms with Crippen LogP contribution in [0.2, 0.25) is 0 Å². The molecule has 0 radical (unpaired) electrons. The molecule has 2 aromatic heterocycles. The van der Waals surface area contributed by atoms with Crippen LogP contribution in [-0.4, -0.2) is 37.0 Å². The SMILES string of the molecule is Cc1nccn1CCC(NC(=O)c1cn(CCN)nn1)c1ccccc1. The third kappa shape index (κ3) is 4.34. The zero-order valence-electron chi connectivity index (χ0n) is 14.7. The molecular formula is C18H23N7O. The number of rotatable bonds is 8. The summed E-state index contributed by atoms with van der Waals surface area (Å²) in [6, 6.07) is 9.78. The van der Waals surface area contributed by atoms with Gasteiger partial charge in [0.15, 0.2) is 5.69 Å².